The lowest BCUT2D eigenvalue weighted by atomic mass is 9.95. The smallest absolute Gasteiger partial charge is 0.259 e. The van der Waals surface area contributed by atoms with E-state index in [-0.39, 0.29) is 11.8 Å². The van der Waals surface area contributed by atoms with E-state index in [0.29, 0.717) is 29.3 Å². The summed E-state index contributed by atoms with van der Waals surface area (Å²) in [6.07, 6.45) is 4.46. The van der Waals surface area contributed by atoms with Gasteiger partial charge in [-0.05, 0) is 36.8 Å². The molecule has 0 aromatic heterocycles. The molecule has 156 valence electrons. The molecule has 2 aromatic rings. The van der Waals surface area contributed by atoms with Crippen LogP contribution in [0.4, 0.5) is 11.4 Å². The summed E-state index contributed by atoms with van der Waals surface area (Å²) in [5, 5.41) is 5.77. The molecule has 0 bridgehead atoms. The topological polar surface area (TPSA) is 67.4 Å². The van der Waals surface area contributed by atoms with Crippen LogP contribution in [0.1, 0.15) is 63.7 Å². The molecule has 0 spiro atoms. The van der Waals surface area contributed by atoms with Gasteiger partial charge in [-0.3, -0.25) is 9.59 Å². The Balaban J connectivity index is 2.03. The van der Waals surface area contributed by atoms with Crippen molar-refractivity contribution in [1.82, 2.24) is 0 Å². The number of carbonyl (C=O) groups is 2. The highest BCUT2D eigenvalue weighted by Crippen LogP contribution is 2.23. The molecule has 0 radical (unpaired) electrons. The molecule has 0 fully saturated rings. The predicted molar refractivity (Wildman–Crippen MR) is 119 cm³/mol. The third kappa shape index (κ3) is 7.26. The van der Waals surface area contributed by atoms with E-state index < -0.39 is 5.41 Å². The Labute approximate surface area is 173 Å². The van der Waals surface area contributed by atoms with Crippen LogP contribution in [0.2, 0.25) is 0 Å². The standard InChI is InChI=1S/C24H32N2O3/c1-5-6-7-10-16-29-21-15-9-8-14-20(21)22(27)25-18-12-11-13-19(17-18)26-23(28)24(2,3)4/h8-9,11-15,17H,5-7,10,16H2,1-4H3,(H,25,27)(H,26,28). The minimum absolute atomic E-state index is 0.0807. The van der Waals surface area contributed by atoms with Crippen molar-refractivity contribution in [1.29, 1.82) is 0 Å². The van der Waals surface area contributed by atoms with Crippen LogP contribution in [-0.4, -0.2) is 18.4 Å². The number of carbonyl (C=O) groups excluding carboxylic acids is 2. The van der Waals surface area contributed by atoms with Crippen molar-refractivity contribution >= 4 is 23.2 Å². The SMILES string of the molecule is CCCCCCOc1ccccc1C(=O)Nc1cccc(NC(=O)C(C)(C)C)c1. The molecule has 0 saturated heterocycles. The molecule has 2 N–H and O–H groups in total. The molecule has 2 rings (SSSR count). The monoisotopic (exact) mass is 396 g/mol. The van der Waals surface area contributed by atoms with Gasteiger partial charge in [0.25, 0.3) is 5.91 Å². The minimum Gasteiger partial charge on any atom is -0.493 e. The maximum absolute atomic E-state index is 12.8. The first-order valence-electron chi connectivity index (χ1n) is 10.3. The van der Waals surface area contributed by atoms with Crippen LogP contribution in [-0.2, 0) is 4.79 Å². The molecule has 0 aliphatic carbocycles. The van der Waals surface area contributed by atoms with Crippen LogP contribution in [0.5, 0.6) is 5.75 Å². The van der Waals surface area contributed by atoms with E-state index in [2.05, 4.69) is 17.6 Å². The Bertz CT molecular complexity index is 825. The van der Waals surface area contributed by atoms with E-state index in [0.717, 1.165) is 12.8 Å². The van der Waals surface area contributed by atoms with Crippen molar-refractivity contribution in [2.75, 3.05) is 17.2 Å². The zero-order valence-corrected chi connectivity index (χ0v) is 17.9. The number of unbranched alkanes of at least 4 members (excludes halogenated alkanes) is 3. The first kappa shape index (κ1) is 22.5. The highest BCUT2D eigenvalue weighted by molar-refractivity contribution is 6.06. The summed E-state index contributed by atoms with van der Waals surface area (Å²) in [6, 6.07) is 14.4. The van der Waals surface area contributed by atoms with Crippen LogP contribution in [0.25, 0.3) is 0 Å². The predicted octanol–water partition coefficient (Wildman–Crippen LogP) is 5.88. The average molecular weight is 397 g/mol. The van der Waals surface area contributed by atoms with Gasteiger partial charge < -0.3 is 15.4 Å². The molecule has 0 aliphatic rings. The molecule has 0 unspecified atom stereocenters. The zero-order chi connectivity index (χ0) is 21.3. The molecule has 2 aromatic carbocycles. The number of para-hydroxylation sites is 1. The van der Waals surface area contributed by atoms with Crippen molar-refractivity contribution in [3.63, 3.8) is 0 Å². The van der Waals surface area contributed by atoms with Gasteiger partial charge in [-0.1, -0.05) is 65.2 Å². The summed E-state index contributed by atoms with van der Waals surface area (Å²) in [7, 11) is 0. The van der Waals surface area contributed by atoms with Gasteiger partial charge in [-0.25, -0.2) is 0 Å². The number of amides is 2. The van der Waals surface area contributed by atoms with Gasteiger partial charge >= 0.3 is 0 Å². The van der Waals surface area contributed by atoms with Gasteiger partial charge in [0.2, 0.25) is 5.91 Å². The van der Waals surface area contributed by atoms with Crippen LogP contribution < -0.4 is 15.4 Å². The molecule has 29 heavy (non-hydrogen) atoms. The molecule has 0 heterocycles. The minimum atomic E-state index is -0.493. The number of ether oxygens (including phenoxy) is 1. The molecule has 0 atom stereocenters. The van der Waals surface area contributed by atoms with Crippen molar-refractivity contribution in [3.8, 4) is 5.75 Å². The summed E-state index contributed by atoms with van der Waals surface area (Å²) in [6.45, 7) is 8.33. The Morgan fingerprint density at radius 3 is 2.28 bits per heavy atom. The molecule has 0 aliphatic heterocycles. The lowest BCUT2D eigenvalue weighted by Gasteiger charge is -2.18. The highest BCUT2D eigenvalue weighted by Gasteiger charge is 2.21. The Kier molecular flexibility index (Phi) is 8.25. The second-order valence-corrected chi connectivity index (χ2v) is 8.14. The highest BCUT2D eigenvalue weighted by atomic mass is 16.5. The van der Waals surface area contributed by atoms with Crippen LogP contribution in [0.3, 0.4) is 0 Å². The lowest BCUT2D eigenvalue weighted by Crippen LogP contribution is -2.27. The first-order chi connectivity index (χ1) is 13.8. The third-order valence-electron chi connectivity index (χ3n) is 4.45. The maximum atomic E-state index is 12.8. The van der Waals surface area contributed by atoms with Crippen molar-refractivity contribution in [3.05, 3.63) is 54.1 Å². The lowest BCUT2D eigenvalue weighted by molar-refractivity contribution is -0.123. The van der Waals surface area contributed by atoms with Crippen LogP contribution in [0.15, 0.2) is 48.5 Å². The number of anilines is 2. The Hall–Kier alpha value is -2.82. The van der Waals surface area contributed by atoms with Crippen molar-refractivity contribution in [2.45, 2.75) is 53.4 Å². The van der Waals surface area contributed by atoms with Gasteiger partial charge in [-0.2, -0.15) is 0 Å². The number of benzene rings is 2. The van der Waals surface area contributed by atoms with Crippen molar-refractivity contribution < 1.29 is 14.3 Å². The number of hydrogen-bond acceptors (Lipinski definition) is 3. The maximum Gasteiger partial charge on any atom is 0.259 e. The zero-order valence-electron chi connectivity index (χ0n) is 17.9. The third-order valence-corrected chi connectivity index (χ3v) is 4.45. The normalized spacial score (nSPS) is 11.0. The van der Waals surface area contributed by atoms with Crippen LogP contribution >= 0.6 is 0 Å². The fourth-order valence-corrected chi connectivity index (χ4v) is 2.68. The second kappa shape index (κ2) is 10.6. The first-order valence-corrected chi connectivity index (χ1v) is 10.3. The quantitative estimate of drug-likeness (QED) is 0.520. The van der Waals surface area contributed by atoms with Gasteiger partial charge in [-0.15, -0.1) is 0 Å². The summed E-state index contributed by atoms with van der Waals surface area (Å²) >= 11 is 0. The number of nitrogens with one attached hydrogen (secondary N) is 2. The van der Waals surface area contributed by atoms with Gasteiger partial charge in [0.15, 0.2) is 0 Å². The molecular formula is C24H32N2O3. The summed E-state index contributed by atoms with van der Waals surface area (Å²) in [5.41, 5.74) is 1.25. The van der Waals surface area contributed by atoms with E-state index in [1.54, 1.807) is 30.3 Å². The molecular weight excluding hydrogens is 364 g/mol. The van der Waals surface area contributed by atoms with E-state index >= 15 is 0 Å². The van der Waals surface area contributed by atoms with E-state index in [1.807, 2.05) is 39.0 Å². The summed E-state index contributed by atoms with van der Waals surface area (Å²) in [4.78, 5) is 25.0. The van der Waals surface area contributed by atoms with E-state index in [4.69, 9.17) is 4.74 Å². The number of hydrogen-bond donors (Lipinski definition) is 2. The Morgan fingerprint density at radius 2 is 1.59 bits per heavy atom. The molecule has 5 heteroatoms. The van der Waals surface area contributed by atoms with Gasteiger partial charge in [0.1, 0.15) is 5.75 Å². The summed E-state index contributed by atoms with van der Waals surface area (Å²) < 4.78 is 5.84. The van der Waals surface area contributed by atoms with Crippen LogP contribution in [0, 0.1) is 5.41 Å². The Morgan fingerprint density at radius 1 is 0.897 bits per heavy atom. The fraction of sp³-hybridized carbons (Fsp3) is 0.417. The fourth-order valence-electron chi connectivity index (χ4n) is 2.68. The molecule has 2 amide bonds. The van der Waals surface area contributed by atoms with Gasteiger partial charge in [0.05, 0.1) is 12.2 Å². The second-order valence-electron chi connectivity index (χ2n) is 8.14. The van der Waals surface area contributed by atoms with E-state index in [1.165, 1.54) is 12.8 Å². The summed E-state index contributed by atoms with van der Waals surface area (Å²) in [5.74, 6) is 0.259. The van der Waals surface area contributed by atoms with E-state index in [9.17, 15) is 9.59 Å². The van der Waals surface area contributed by atoms with Crippen molar-refractivity contribution in [2.24, 2.45) is 5.41 Å². The van der Waals surface area contributed by atoms with Gasteiger partial charge in [0, 0.05) is 16.8 Å². The average Bonchev–Trinajstić information content (AvgIpc) is 2.67. The largest absolute Gasteiger partial charge is 0.493 e. The molecule has 5 nitrogen and oxygen atoms in total. The number of rotatable bonds is 9. The molecule has 0 saturated carbocycles.